The summed E-state index contributed by atoms with van der Waals surface area (Å²) in [6, 6.07) is 15.9. The van der Waals surface area contributed by atoms with Crippen LogP contribution in [0.4, 0.5) is 9.59 Å². The molecule has 0 aliphatic carbocycles. The number of nitrogens with one attached hydrogen (secondary N) is 1. The summed E-state index contributed by atoms with van der Waals surface area (Å²) in [5, 5.41) is 2.56. The van der Waals surface area contributed by atoms with Crippen LogP contribution in [0.1, 0.15) is 162 Å². The lowest BCUT2D eigenvalue weighted by atomic mass is 9.83. The van der Waals surface area contributed by atoms with E-state index in [9.17, 15) is 19.2 Å². The van der Waals surface area contributed by atoms with Gasteiger partial charge in [0.2, 0.25) is 9.66 Å². The largest absolute Gasteiger partial charge is 0.471 e. The fourth-order valence-corrected chi connectivity index (χ4v) is 9.43. The lowest BCUT2D eigenvalue weighted by Crippen LogP contribution is -2.64. The van der Waals surface area contributed by atoms with Crippen LogP contribution in [-0.4, -0.2) is 85.5 Å². The molecule has 3 rings (SSSR count). The zero-order valence-corrected chi connectivity index (χ0v) is 45.3. The molecule has 1 fully saturated rings. The van der Waals surface area contributed by atoms with Gasteiger partial charge in [-0.15, -0.1) is 0 Å². The molecule has 70 heavy (non-hydrogen) atoms. The maximum absolute atomic E-state index is 14.4. The van der Waals surface area contributed by atoms with E-state index in [1.54, 1.807) is 60.7 Å². The SMILES string of the molecule is [3H]B(C)C(=O)OCC1OC(Cl)C(NC(=O)OCC(Cl)(Cl)Cl)C(OC(=O)CC(CCCCCCCCCCC)OC(=O)CCCCCCCCCCCCC)C1OP(Oc1ccccc1)Oc1ccccc1. The van der Waals surface area contributed by atoms with E-state index in [4.69, 9.17) is 85.0 Å². The number of hydrogen-bond donors (Lipinski definition) is 1. The molecule has 1 amide bonds. The van der Waals surface area contributed by atoms with Gasteiger partial charge in [0.15, 0.2) is 11.7 Å². The normalized spacial score (nSPS) is 18.6. The number of carbonyl (C=O) groups excluding carboxylic acids is 4. The molecule has 0 aromatic heterocycles. The van der Waals surface area contributed by atoms with Crippen LogP contribution in [0, 0.1) is 0 Å². The van der Waals surface area contributed by atoms with E-state index in [1.807, 2.05) is 0 Å². The van der Waals surface area contributed by atoms with E-state index in [0.29, 0.717) is 30.8 Å². The molecule has 1 heterocycles. The second-order valence-electron chi connectivity index (χ2n) is 17.6. The average molecular weight is 1080 g/mol. The summed E-state index contributed by atoms with van der Waals surface area (Å²) in [5.74, 6) is -1.36. The highest BCUT2D eigenvalue weighted by molar-refractivity contribution is 7.42. The first kappa shape index (κ1) is 59.9. The molecular weight excluding hydrogens is 1000 g/mol. The van der Waals surface area contributed by atoms with Gasteiger partial charge in [-0.05, 0) is 44.9 Å². The molecule has 19 heteroatoms. The molecule has 1 N–H and O–H groups in total. The van der Waals surface area contributed by atoms with Gasteiger partial charge >= 0.3 is 26.6 Å². The summed E-state index contributed by atoms with van der Waals surface area (Å²) in [4.78, 5) is 53.7. The molecule has 6 atom stereocenters. The first-order valence-corrected chi connectivity index (χ1v) is 28.1. The van der Waals surface area contributed by atoms with Gasteiger partial charge in [0.1, 0.15) is 49.1 Å². The van der Waals surface area contributed by atoms with Crippen LogP contribution in [0.5, 0.6) is 11.5 Å². The number of halogens is 4. The number of hydrogen-bond acceptors (Lipinski definition) is 12. The molecule has 0 spiro atoms. The Morgan fingerprint density at radius 1 is 0.714 bits per heavy atom. The standard InChI is InChI=1S/C51H77BCl4NO12P/c1-4-6-8-10-12-14-15-17-19-21-29-35-43(58)64-41(34-24-20-18-16-13-11-9-7-5-2)36-44(59)66-47-45(57-50(61)63-38-51(54,55)56)48(53)65-42(37-62-49(60)52-3)46(47)69-70(67-39-30-25-22-26-31-39)68-40-32-27-23-28-33-40/h22-23,25-28,30-33,41-42,45-48,52H,4-21,24,29,34-38H2,1-3H3,(H,57,61)/i52T. The molecule has 2 aromatic rings. The van der Waals surface area contributed by atoms with Crippen LogP contribution in [0.3, 0.4) is 0 Å². The predicted octanol–water partition coefficient (Wildman–Crippen LogP) is 14.6. The molecule has 1 aliphatic rings. The van der Waals surface area contributed by atoms with Crippen LogP contribution in [0.25, 0.3) is 0 Å². The van der Waals surface area contributed by atoms with Crippen molar-refractivity contribution in [2.24, 2.45) is 0 Å². The first-order chi connectivity index (χ1) is 34.2. The number of benzene rings is 2. The number of ether oxygens (including phenoxy) is 5. The number of esters is 2. The van der Waals surface area contributed by atoms with Crippen LogP contribution in [0.2, 0.25) is 6.82 Å². The molecule has 1 aliphatic heterocycles. The summed E-state index contributed by atoms with van der Waals surface area (Å²) in [5.41, 5.74) is -1.47. The van der Waals surface area contributed by atoms with Crippen molar-refractivity contribution >= 4 is 86.1 Å². The number of amides is 1. The van der Waals surface area contributed by atoms with Crippen LogP contribution in [0.15, 0.2) is 60.7 Å². The zero-order valence-electron chi connectivity index (χ0n) is 42.4. The Morgan fingerprint density at radius 2 is 1.21 bits per heavy atom. The Labute approximate surface area is 440 Å². The summed E-state index contributed by atoms with van der Waals surface area (Å²) in [7, 11) is -3.70. The van der Waals surface area contributed by atoms with E-state index in [-0.39, 0.29) is 12.8 Å². The lowest BCUT2D eigenvalue weighted by molar-refractivity contribution is -0.192. The number of carbonyl (C=O) groups is 4. The highest BCUT2D eigenvalue weighted by Gasteiger charge is 2.52. The fourth-order valence-electron chi connectivity index (χ4n) is 7.76. The molecule has 0 radical (unpaired) electrons. The molecule has 6 unspecified atom stereocenters. The molecule has 1 saturated heterocycles. The highest BCUT2D eigenvalue weighted by atomic mass is 35.6. The van der Waals surface area contributed by atoms with Crippen molar-refractivity contribution in [1.29, 1.82) is 1.34 Å². The lowest BCUT2D eigenvalue weighted by Gasteiger charge is -2.44. The minimum absolute atomic E-state index is 0.218. The fraction of sp³-hybridized carbons (Fsp3) is 0.686. The number of rotatable bonds is 37. The monoisotopic (exact) mass is 1080 g/mol. The van der Waals surface area contributed by atoms with Crippen molar-refractivity contribution in [3.05, 3.63) is 60.7 Å². The van der Waals surface area contributed by atoms with Crippen molar-refractivity contribution in [3.63, 3.8) is 0 Å². The maximum atomic E-state index is 14.4. The van der Waals surface area contributed by atoms with Gasteiger partial charge in [0.05, 0.1) is 6.42 Å². The third-order valence-electron chi connectivity index (χ3n) is 11.5. The van der Waals surface area contributed by atoms with Gasteiger partial charge in [0.25, 0.3) is 7.24 Å². The van der Waals surface area contributed by atoms with Crippen LogP contribution in [-0.2, 0) is 37.8 Å². The van der Waals surface area contributed by atoms with Crippen LogP contribution >= 0.6 is 55.0 Å². The quantitative estimate of drug-likeness (QED) is 0.0171. The van der Waals surface area contributed by atoms with Crippen LogP contribution < -0.4 is 14.4 Å². The number of para-hydroxylation sites is 2. The Bertz CT molecular complexity index is 1720. The maximum Gasteiger partial charge on any atom is 0.463 e. The van der Waals surface area contributed by atoms with Gasteiger partial charge in [-0.3, -0.25) is 18.9 Å². The van der Waals surface area contributed by atoms with Crippen molar-refractivity contribution in [2.75, 3.05) is 13.2 Å². The Hall–Kier alpha value is -2.71. The predicted molar refractivity (Wildman–Crippen MR) is 281 cm³/mol. The van der Waals surface area contributed by atoms with Gasteiger partial charge in [0, 0.05) is 6.42 Å². The third kappa shape index (κ3) is 27.9. The minimum Gasteiger partial charge on any atom is -0.471 e. The second kappa shape index (κ2) is 37.1. The summed E-state index contributed by atoms with van der Waals surface area (Å²) in [6.45, 7) is 4.59. The smallest absolute Gasteiger partial charge is 0.463 e. The van der Waals surface area contributed by atoms with Crippen molar-refractivity contribution in [3.8, 4) is 11.5 Å². The molecule has 13 nitrogen and oxygen atoms in total. The highest BCUT2D eigenvalue weighted by Crippen LogP contribution is 2.46. The Balaban J connectivity index is 1.89. The van der Waals surface area contributed by atoms with Gasteiger partial charge in [-0.25, -0.2) is 4.79 Å². The molecule has 0 saturated carbocycles. The minimum atomic E-state index is -2.45. The second-order valence-corrected chi connectivity index (χ2v) is 21.6. The topological polar surface area (TPSA) is 154 Å². The molecule has 0 bridgehead atoms. The number of unbranched alkanes of at least 4 members (excludes halogenated alkanes) is 18. The Morgan fingerprint density at radius 3 is 1.71 bits per heavy atom. The first-order valence-electron chi connectivity index (χ1n) is 26.0. The zero-order chi connectivity index (χ0) is 51.7. The van der Waals surface area contributed by atoms with E-state index < -0.39 is 92.8 Å². The summed E-state index contributed by atoms with van der Waals surface area (Å²) >= 11 is 24.5. The van der Waals surface area contributed by atoms with E-state index >= 15 is 0 Å². The van der Waals surface area contributed by atoms with E-state index in [1.165, 1.54) is 77.5 Å². The summed E-state index contributed by atoms with van der Waals surface area (Å²) < 4.78 is 54.0. The van der Waals surface area contributed by atoms with Crippen molar-refractivity contribution in [1.82, 2.24) is 5.32 Å². The molecular formula is C51H77BCl4NO12P. The number of alkyl carbamates (subject to hydrolysis) is 1. The van der Waals surface area contributed by atoms with Crippen molar-refractivity contribution in [2.45, 2.75) is 208 Å². The van der Waals surface area contributed by atoms with E-state index in [2.05, 4.69) is 19.2 Å². The van der Waals surface area contributed by atoms with Gasteiger partial charge < -0.3 is 38.0 Å². The summed E-state index contributed by atoms with van der Waals surface area (Å²) in [6.07, 6.45) is 16.4. The van der Waals surface area contributed by atoms with Gasteiger partial charge in [-0.1, -0.05) is 219 Å². The van der Waals surface area contributed by atoms with Gasteiger partial charge in [-0.2, -0.15) is 0 Å². The van der Waals surface area contributed by atoms with Crippen molar-refractivity contribution < 1.29 is 56.4 Å². The third-order valence-corrected chi connectivity index (χ3v) is 13.4. The number of alkyl halides is 4. The average Bonchev–Trinajstić information content (AvgIpc) is 3.33. The van der Waals surface area contributed by atoms with E-state index in [0.717, 1.165) is 44.9 Å². The molecule has 394 valence electrons. The Kier molecular flexibility index (Phi) is 31.7. The molecule has 2 aromatic carbocycles.